The quantitative estimate of drug-likeness (QED) is 0.845. The van der Waals surface area contributed by atoms with Gasteiger partial charge < -0.3 is 15.2 Å². The van der Waals surface area contributed by atoms with Gasteiger partial charge in [0.05, 0.1) is 0 Å². The fourth-order valence-electron chi connectivity index (χ4n) is 2.93. The molecule has 0 bridgehead atoms. The van der Waals surface area contributed by atoms with Crippen LogP contribution in [0.5, 0.6) is 0 Å². The highest BCUT2D eigenvalue weighted by atomic mass is 16.1. The molecule has 3 rings (SSSR count). The molecule has 1 saturated carbocycles. The van der Waals surface area contributed by atoms with Crippen molar-refractivity contribution >= 4 is 5.82 Å². The molecule has 1 aliphatic heterocycles. The van der Waals surface area contributed by atoms with E-state index in [1.165, 1.54) is 0 Å². The first kappa shape index (κ1) is 14.5. The van der Waals surface area contributed by atoms with Crippen LogP contribution in [0.25, 0.3) is 0 Å². The van der Waals surface area contributed by atoms with Crippen molar-refractivity contribution in [2.75, 3.05) is 44.2 Å². The van der Waals surface area contributed by atoms with E-state index in [1.54, 1.807) is 6.20 Å². The van der Waals surface area contributed by atoms with Gasteiger partial charge in [-0.3, -0.25) is 9.69 Å². The normalized spacial score (nSPS) is 21.5. The third-order valence-corrected chi connectivity index (χ3v) is 4.43. The minimum atomic E-state index is 0.0729. The van der Waals surface area contributed by atoms with E-state index >= 15 is 0 Å². The number of hydrogen-bond donors (Lipinski definition) is 1. The van der Waals surface area contributed by atoms with E-state index in [4.69, 9.17) is 5.73 Å². The van der Waals surface area contributed by atoms with Crippen molar-refractivity contribution < 1.29 is 0 Å². The summed E-state index contributed by atoms with van der Waals surface area (Å²) >= 11 is 0. The maximum atomic E-state index is 12.5. The zero-order valence-corrected chi connectivity index (χ0v) is 12.7. The van der Waals surface area contributed by atoms with Crippen molar-refractivity contribution in [1.29, 1.82) is 0 Å². The maximum Gasteiger partial charge on any atom is 0.293 e. The molecule has 1 aliphatic carbocycles. The van der Waals surface area contributed by atoms with Crippen LogP contribution in [0.4, 0.5) is 5.82 Å². The van der Waals surface area contributed by atoms with Crippen molar-refractivity contribution in [3.05, 3.63) is 22.7 Å². The molecule has 1 atom stereocenters. The summed E-state index contributed by atoms with van der Waals surface area (Å²) in [4.78, 5) is 21.4. The number of rotatable bonds is 5. The minimum absolute atomic E-state index is 0.0729. The number of anilines is 1. The largest absolute Gasteiger partial charge is 0.349 e. The van der Waals surface area contributed by atoms with Crippen molar-refractivity contribution in [2.45, 2.75) is 25.8 Å². The first-order valence-corrected chi connectivity index (χ1v) is 7.93. The lowest BCUT2D eigenvalue weighted by Crippen LogP contribution is -2.50. The SMILES string of the molecule is CC(CN)CN1CCN(c2nccn(C3CC3)c2=O)CC1. The number of hydrogen-bond acceptors (Lipinski definition) is 5. The predicted octanol–water partition coefficient (Wildman–Crippen LogP) is 0.295. The Kier molecular flexibility index (Phi) is 4.26. The lowest BCUT2D eigenvalue weighted by Gasteiger charge is -2.36. The van der Waals surface area contributed by atoms with E-state index in [9.17, 15) is 4.79 Å². The topological polar surface area (TPSA) is 67.4 Å². The van der Waals surface area contributed by atoms with Gasteiger partial charge >= 0.3 is 0 Å². The fraction of sp³-hybridized carbons (Fsp3) is 0.733. The monoisotopic (exact) mass is 291 g/mol. The molecule has 6 nitrogen and oxygen atoms in total. The van der Waals surface area contributed by atoms with Crippen LogP contribution in [0.2, 0.25) is 0 Å². The summed E-state index contributed by atoms with van der Waals surface area (Å²) in [6.07, 6.45) is 5.82. The molecule has 2 N–H and O–H groups in total. The van der Waals surface area contributed by atoms with E-state index in [1.807, 2.05) is 10.8 Å². The molecule has 116 valence electrons. The van der Waals surface area contributed by atoms with Crippen molar-refractivity contribution in [2.24, 2.45) is 11.7 Å². The fourth-order valence-corrected chi connectivity index (χ4v) is 2.93. The van der Waals surface area contributed by atoms with E-state index in [2.05, 4.69) is 21.7 Å². The Morgan fingerprint density at radius 3 is 2.67 bits per heavy atom. The molecule has 2 aliphatic rings. The average molecular weight is 291 g/mol. The maximum absolute atomic E-state index is 12.5. The second kappa shape index (κ2) is 6.15. The number of aromatic nitrogens is 2. The number of nitrogens with two attached hydrogens (primary N) is 1. The second-order valence-corrected chi connectivity index (χ2v) is 6.32. The average Bonchev–Trinajstić information content (AvgIpc) is 3.33. The van der Waals surface area contributed by atoms with Gasteiger partial charge in [0.1, 0.15) is 0 Å². The smallest absolute Gasteiger partial charge is 0.293 e. The highest BCUT2D eigenvalue weighted by Gasteiger charge is 2.27. The first-order chi connectivity index (χ1) is 10.2. The predicted molar refractivity (Wildman–Crippen MR) is 83.6 cm³/mol. The summed E-state index contributed by atoms with van der Waals surface area (Å²) in [6.45, 7) is 7.64. The molecule has 2 fully saturated rings. The van der Waals surface area contributed by atoms with Gasteiger partial charge in [0.25, 0.3) is 5.56 Å². The Morgan fingerprint density at radius 1 is 1.33 bits per heavy atom. The zero-order chi connectivity index (χ0) is 14.8. The molecule has 1 unspecified atom stereocenters. The molecule has 0 amide bonds. The molecular formula is C15H25N5O. The van der Waals surface area contributed by atoms with Crippen LogP contribution < -0.4 is 16.2 Å². The van der Waals surface area contributed by atoms with Gasteiger partial charge in [-0.1, -0.05) is 6.92 Å². The molecule has 1 aromatic rings. The van der Waals surface area contributed by atoms with Crippen LogP contribution in [-0.4, -0.2) is 53.7 Å². The molecule has 0 radical (unpaired) electrons. The Balaban J connectivity index is 1.64. The Morgan fingerprint density at radius 2 is 2.05 bits per heavy atom. The molecular weight excluding hydrogens is 266 g/mol. The van der Waals surface area contributed by atoms with E-state index in [-0.39, 0.29) is 5.56 Å². The minimum Gasteiger partial charge on any atom is -0.349 e. The van der Waals surface area contributed by atoms with Crippen LogP contribution in [0.3, 0.4) is 0 Å². The van der Waals surface area contributed by atoms with E-state index < -0.39 is 0 Å². The zero-order valence-electron chi connectivity index (χ0n) is 12.7. The first-order valence-electron chi connectivity index (χ1n) is 7.93. The summed E-state index contributed by atoms with van der Waals surface area (Å²) in [6, 6.07) is 0.408. The van der Waals surface area contributed by atoms with Gasteiger partial charge in [0.15, 0.2) is 5.82 Å². The third-order valence-electron chi connectivity index (χ3n) is 4.43. The highest BCUT2D eigenvalue weighted by molar-refractivity contribution is 5.36. The van der Waals surface area contributed by atoms with Crippen LogP contribution in [0.15, 0.2) is 17.2 Å². The second-order valence-electron chi connectivity index (χ2n) is 6.32. The van der Waals surface area contributed by atoms with E-state index in [0.717, 1.165) is 52.1 Å². The van der Waals surface area contributed by atoms with Crippen LogP contribution >= 0.6 is 0 Å². The van der Waals surface area contributed by atoms with Gasteiger partial charge in [-0.2, -0.15) is 0 Å². The Bertz CT molecular complexity index is 531. The standard InChI is InChI=1S/C15H25N5O/c1-12(10-16)11-18-6-8-19(9-7-18)14-15(21)20(5-4-17-14)13-2-3-13/h4-5,12-13H,2-3,6-11,16H2,1H3. The lowest BCUT2D eigenvalue weighted by atomic mass is 10.1. The number of piperazine rings is 1. The van der Waals surface area contributed by atoms with Gasteiger partial charge in [0.2, 0.25) is 0 Å². The van der Waals surface area contributed by atoms with Gasteiger partial charge in [-0.15, -0.1) is 0 Å². The summed E-state index contributed by atoms with van der Waals surface area (Å²) in [7, 11) is 0. The van der Waals surface area contributed by atoms with Gasteiger partial charge in [-0.25, -0.2) is 4.98 Å². The third kappa shape index (κ3) is 3.27. The van der Waals surface area contributed by atoms with Crippen LogP contribution in [0, 0.1) is 5.92 Å². The summed E-state index contributed by atoms with van der Waals surface area (Å²) in [5, 5.41) is 0. The molecule has 1 saturated heterocycles. The van der Waals surface area contributed by atoms with Crippen molar-refractivity contribution in [3.63, 3.8) is 0 Å². The Labute approximate surface area is 125 Å². The summed E-state index contributed by atoms with van der Waals surface area (Å²) in [5.74, 6) is 1.15. The van der Waals surface area contributed by atoms with Gasteiger partial charge in [0, 0.05) is 51.2 Å². The summed E-state index contributed by atoms with van der Waals surface area (Å²) < 4.78 is 1.85. The van der Waals surface area contributed by atoms with Gasteiger partial charge in [-0.05, 0) is 25.3 Å². The molecule has 0 spiro atoms. The highest BCUT2D eigenvalue weighted by Crippen LogP contribution is 2.33. The van der Waals surface area contributed by atoms with Crippen LogP contribution in [-0.2, 0) is 0 Å². The molecule has 1 aromatic heterocycles. The molecule has 2 heterocycles. The number of nitrogens with zero attached hydrogens (tertiary/aromatic N) is 4. The molecule has 21 heavy (non-hydrogen) atoms. The Hall–Kier alpha value is -1.40. The van der Waals surface area contributed by atoms with Crippen molar-refractivity contribution in [3.8, 4) is 0 Å². The van der Waals surface area contributed by atoms with Crippen molar-refractivity contribution in [1.82, 2.24) is 14.5 Å². The lowest BCUT2D eigenvalue weighted by molar-refractivity contribution is 0.226. The molecule has 6 heteroatoms. The van der Waals surface area contributed by atoms with E-state index in [0.29, 0.717) is 17.8 Å². The molecule has 0 aromatic carbocycles. The summed E-state index contributed by atoms with van der Waals surface area (Å²) in [5.41, 5.74) is 5.76. The van der Waals surface area contributed by atoms with Crippen LogP contribution in [0.1, 0.15) is 25.8 Å².